The van der Waals surface area contributed by atoms with Crippen molar-refractivity contribution in [1.82, 2.24) is 5.23 Å². The van der Waals surface area contributed by atoms with E-state index in [9.17, 15) is 4.79 Å². The summed E-state index contributed by atoms with van der Waals surface area (Å²) in [7, 11) is 1.11. The van der Waals surface area contributed by atoms with Gasteiger partial charge in [-0.15, -0.1) is 0 Å². The minimum absolute atomic E-state index is 0.0818. The third-order valence-corrected chi connectivity index (χ3v) is 0.468. The number of carbonyl (C=O) groups excluding carboxylic acids is 1. The summed E-state index contributed by atoms with van der Waals surface area (Å²) >= 11 is 4.64. The molecule has 0 unspecified atom stereocenters. The molecule has 42 valence electrons. The number of hydroxylamine groups is 2. The van der Waals surface area contributed by atoms with Crippen molar-refractivity contribution in [1.29, 1.82) is 0 Å². The number of halogens is 1. The summed E-state index contributed by atoms with van der Waals surface area (Å²) in [6, 6.07) is 0. The Bertz CT molecular complexity index is 75.3. The van der Waals surface area contributed by atoms with E-state index in [1.165, 1.54) is 0 Å². The van der Waals surface area contributed by atoms with Crippen molar-refractivity contribution in [2.45, 2.75) is 0 Å². The lowest BCUT2D eigenvalue weighted by Gasteiger charge is -2.03. The fourth-order valence-corrected chi connectivity index (χ4v) is 0.141. The lowest BCUT2D eigenvalue weighted by Crippen LogP contribution is -2.19. The van der Waals surface area contributed by atoms with E-state index in [1.807, 2.05) is 0 Å². The lowest BCUT2D eigenvalue weighted by molar-refractivity contribution is -0.273. The molecule has 0 saturated heterocycles. The summed E-state index contributed by atoms with van der Waals surface area (Å²) in [6.45, 7) is 0. The molecular formula is C2H4ClNO3. The van der Waals surface area contributed by atoms with Gasteiger partial charge in [0.25, 0.3) is 0 Å². The van der Waals surface area contributed by atoms with E-state index in [0.717, 1.165) is 7.11 Å². The molecule has 0 aromatic rings. The van der Waals surface area contributed by atoms with Gasteiger partial charge in [0.05, 0.1) is 7.11 Å². The SMILES string of the molecule is CON(O)C(=O)Cl. The second kappa shape index (κ2) is 2.79. The normalized spacial score (nSPS) is 8.43. The first-order valence-corrected chi connectivity index (χ1v) is 1.79. The van der Waals surface area contributed by atoms with Gasteiger partial charge >= 0.3 is 5.37 Å². The number of carbonyl (C=O) groups is 1. The number of hydrogen-bond acceptors (Lipinski definition) is 3. The zero-order valence-corrected chi connectivity index (χ0v) is 4.34. The predicted octanol–water partition coefficient (Wildman–Crippen LogP) is 0.598. The molecule has 0 spiro atoms. The van der Waals surface area contributed by atoms with Gasteiger partial charge in [-0.05, 0) is 11.6 Å². The van der Waals surface area contributed by atoms with Crippen molar-refractivity contribution in [3.8, 4) is 0 Å². The molecule has 1 amide bonds. The summed E-state index contributed by atoms with van der Waals surface area (Å²) in [5.41, 5.74) is 0. The first-order valence-electron chi connectivity index (χ1n) is 1.41. The molecule has 0 aliphatic heterocycles. The second-order valence-corrected chi connectivity index (χ2v) is 1.03. The van der Waals surface area contributed by atoms with Crippen LogP contribution in [-0.4, -0.2) is 22.9 Å². The molecule has 0 bridgehead atoms. The maximum absolute atomic E-state index is 9.69. The van der Waals surface area contributed by atoms with Gasteiger partial charge < -0.3 is 0 Å². The van der Waals surface area contributed by atoms with E-state index in [0.29, 0.717) is 0 Å². The predicted molar refractivity (Wildman–Crippen MR) is 21.9 cm³/mol. The van der Waals surface area contributed by atoms with Crippen LogP contribution in [0, 0.1) is 0 Å². The molecule has 0 aromatic heterocycles. The average Bonchev–Trinajstić information content (AvgIpc) is 1.65. The third-order valence-electron chi connectivity index (χ3n) is 0.323. The molecule has 0 heterocycles. The van der Waals surface area contributed by atoms with Crippen LogP contribution < -0.4 is 0 Å². The molecule has 5 heteroatoms. The third kappa shape index (κ3) is 2.38. The first kappa shape index (κ1) is 6.68. The summed E-state index contributed by atoms with van der Waals surface area (Å²) in [5, 5.41) is 6.92. The Morgan fingerprint density at radius 2 is 2.43 bits per heavy atom. The van der Waals surface area contributed by atoms with Crippen LogP contribution in [0.3, 0.4) is 0 Å². The standard InChI is InChI=1S/C2H4ClNO3/c1-7-4(6)2(3)5/h6H,1H3. The van der Waals surface area contributed by atoms with E-state index in [2.05, 4.69) is 16.4 Å². The van der Waals surface area contributed by atoms with Gasteiger partial charge in [0, 0.05) is 0 Å². The highest BCUT2D eigenvalue weighted by Gasteiger charge is 2.01. The first-order chi connectivity index (χ1) is 3.18. The highest BCUT2D eigenvalue weighted by molar-refractivity contribution is 6.62. The highest BCUT2D eigenvalue weighted by Crippen LogP contribution is 1.88. The summed E-state index contributed by atoms with van der Waals surface area (Å²) in [6.07, 6.45) is 0. The summed E-state index contributed by atoms with van der Waals surface area (Å²) in [5.74, 6) is 0. The Balaban J connectivity index is 3.34. The minimum Gasteiger partial charge on any atom is -0.260 e. The Morgan fingerprint density at radius 1 is 2.00 bits per heavy atom. The zero-order valence-electron chi connectivity index (χ0n) is 3.59. The molecule has 0 aliphatic carbocycles. The number of hydrogen-bond donors (Lipinski definition) is 1. The maximum Gasteiger partial charge on any atom is 0.365 e. The second-order valence-electron chi connectivity index (χ2n) is 0.708. The fourth-order valence-electron chi connectivity index (χ4n) is 0.0718. The van der Waals surface area contributed by atoms with Crippen LogP contribution in [-0.2, 0) is 4.84 Å². The van der Waals surface area contributed by atoms with E-state index in [4.69, 9.17) is 5.21 Å². The van der Waals surface area contributed by atoms with E-state index in [1.54, 1.807) is 0 Å². The van der Waals surface area contributed by atoms with Gasteiger partial charge in [0.2, 0.25) is 0 Å². The van der Waals surface area contributed by atoms with Crippen LogP contribution in [0.15, 0.2) is 0 Å². The molecule has 7 heavy (non-hydrogen) atoms. The molecular weight excluding hydrogens is 121 g/mol. The smallest absolute Gasteiger partial charge is 0.260 e. The van der Waals surface area contributed by atoms with Crippen LogP contribution in [0.4, 0.5) is 4.79 Å². The van der Waals surface area contributed by atoms with E-state index >= 15 is 0 Å². The molecule has 0 rings (SSSR count). The zero-order chi connectivity index (χ0) is 5.86. The van der Waals surface area contributed by atoms with Crippen molar-refractivity contribution in [3.05, 3.63) is 0 Å². The summed E-state index contributed by atoms with van der Waals surface area (Å²) in [4.78, 5) is 13.6. The summed E-state index contributed by atoms with van der Waals surface area (Å²) < 4.78 is 0. The van der Waals surface area contributed by atoms with Gasteiger partial charge in [0.15, 0.2) is 0 Å². The lowest BCUT2D eigenvalue weighted by atomic mass is 11.4. The molecule has 1 N–H and O–H groups in total. The van der Waals surface area contributed by atoms with Gasteiger partial charge in [-0.1, -0.05) is 5.23 Å². The Hall–Kier alpha value is -0.320. The van der Waals surface area contributed by atoms with Crippen LogP contribution in [0.2, 0.25) is 0 Å². The molecule has 0 saturated carbocycles. The van der Waals surface area contributed by atoms with Crippen LogP contribution in [0.5, 0.6) is 0 Å². The largest absolute Gasteiger partial charge is 0.365 e. The van der Waals surface area contributed by atoms with Gasteiger partial charge in [-0.2, -0.15) is 0 Å². The van der Waals surface area contributed by atoms with E-state index < -0.39 is 5.37 Å². The van der Waals surface area contributed by atoms with Crippen LogP contribution in [0.1, 0.15) is 0 Å². The highest BCUT2D eigenvalue weighted by atomic mass is 35.5. The van der Waals surface area contributed by atoms with Gasteiger partial charge in [-0.3, -0.25) is 10.0 Å². The Labute approximate surface area is 45.1 Å². The van der Waals surface area contributed by atoms with Crippen LogP contribution in [0.25, 0.3) is 0 Å². The molecule has 4 nitrogen and oxygen atoms in total. The fraction of sp³-hybridized carbons (Fsp3) is 0.500. The molecule has 0 aromatic carbocycles. The minimum atomic E-state index is -1.07. The molecule has 0 atom stereocenters. The molecule has 0 radical (unpaired) electrons. The van der Waals surface area contributed by atoms with Crippen molar-refractivity contribution in [2.75, 3.05) is 7.11 Å². The topological polar surface area (TPSA) is 49.8 Å². The van der Waals surface area contributed by atoms with Crippen LogP contribution >= 0.6 is 11.6 Å². The monoisotopic (exact) mass is 125 g/mol. The average molecular weight is 126 g/mol. The van der Waals surface area contributed by atoms with Crippen molar-refractivity contribution >= 4 is 17.0 Å². The number of rotatable bonds is 1. The Kier molecular flexibility index (Phi) is 2.66. The number of amides is 1. The number of nitrogens with zero attached hydrogens (tertiary/aromatic N) is 1. The van der Waals surface area contributed by atoms with Crippen molar-refractivity contribution < 1.29 is 14.8 Å². The molecule has 0 fully saturated rings. The molecule has 0 aliphatic rings. The van der Waals surface area contributed by atoms with E-state index in [-0.39, 0.29) is 5.23 Å². The quantitative estimate of drug-likeness (QED) is 0.242. The maximum atomic E-state index is 9.69. The van der Waals surface area contributed by atoms with Gasteiger partial charge in [0.1, 0.15) is 0 Å². The van der Waals surface area contributed by atoms with Gasteiger partial charge in [-0.25, -0.2) is 4.84 Å². The van der Waals surface area contributed by atoms with Crippen molar-refractivity contribution in [2.24, 2.45) is 0 Å². The Morgan fingerprint density at radius 3 is 2.43 bits per heavy atom. The van der Waals surface area contributed by atoms with Crippen molar-refractivity contribution in [3.63, 3.8) is 0 Å².